The van der Waals surface area contributed by atoms with Gasteiger partial charge in [-0.1, -0.05) is 13.0 Å². The lowest BCUT2D eigenvalue weighted by Crippen LogP contribution is -2.35. The van der Waals surface area contributed by atoms with E-state index in [1.54, 1.807) is 30.5 Å². The molecule has 0 saturated heterocycles. The fourth-order valence-electron chi connectivity index (χ4n) is 3.65. The van der Waals surface area contributed by atoms with E-state index in [0.717, 1.165) is 22.4 Å². The lowest BCUT2D eigenvalue weighted by molar-refractivity contribution is 0.371. The van der Waals surface area contributed by atoms with Crippen LogP contribution in [-0.2, 0) is 5.41 Å². The molecule has 1 unspecified atom stereocenters. The van der Waals surface area contributed by atoms with E-state index in [9.17, 15) is 10.2 Å². The number of hydrogen-bond acceptors (Lipinski definition) is 6. The van der Waals surface area contributed by atoms with Crippen LogP contribution in [0.3, 0.4) is 0 Å². The zero-order valence-corrected chi connectivity index (χ0v) is 15.3. The Morgan fingerprint density at radius 3 is 2.31 bits per heavy atom. The first-order valence-corrected chi connectivity index (χ1v) is 8.35. The van der Waals surface area contributed by atoms with E-state index in [0.29, 0.717) is 17.9 Å². The third-order valence-corrected chi connectivity index (χ3v) is 5.03. The highest BCUT2D eigenvalue weighted by Gasteiger charge is 2.39. The number of aromatic hydroxyl groups is 2. The van der Waals surface area contributed by atoms with Crippen molar-refractivity contribution in [1.29, 1.82) is 0 Å². The summed E-state index contributed by atoms with van der Waals surface area (Å²) in [5.74, 6) is 0.870. The maximum Gasteiger partial charge on any atom is 0.161 e. The van der Waals surface area contributed by atoms with Gasteiger partial charge in [0, 0.05) is 5.56 Å². The van der Waals surface area contributed by atoms with Crippen molar-refractivity contribution in [3.63, 3.8) is 0 Å². The van der Waals surface area contributed by atoms with Crippen LogP contribution >= 0.6 is 0 Å². The summed E-state index contributed by atoms with van der Waals surface area (Å²) in [5.41, 5.74) is 2.61. The average Bonchev–Trinajstić information content (AvgIpc) is 2.77. The molecule has 0 saturated carbocycles. The maximum absolute atomic E-state index is 10.4. The van der Waals surface area contributed by atoms with Crippen molar-refractivity contribution >= 4 is 11.9 Å². The molecular weight excluding hydrogens is 332 g/mol. The van der Waals surface area contributed by atoms with Crippen molar-refractivity contribution in [3.8, 4) is 23.0 Å². The number of phenols is 2. The van der Waals surface area contributed by atoms with Crippen LogP contribution in [0.2, 0.25) is 0 Å². The summed E-state index contributed by atoms with van der Waals surface area (Å²) in [6.45, 7) is 3.94. The van der Waals surface area contributed by atoms with E-state index in [1.807, 2.05) is 19.9 Å². The molecule has 2 aromatic carbocycles. The molecule has 0 radical (unpaired) electrons. The second-order valence-electron chi connectivity index (χ2n) is 6.19. The Labute approximate surface area is 152 Å². The highest BCUT2D eigenvalue weighted by Crippen LogP contribution is 2.45. The maximum atomic E-state index is 10.4. The van der Waals surface area contributed by atoms with Gasteiger partial charge in [0.05, 0.1) is 31.6 Å². The number of nitrogens with zero attached hydrogens (tertiary/aromatic N) is 2. The van der Waals surface area contributed by atoms with Crippen LogP contribution in [0.25, 0.3) is 0 Å². The predicted octanol–water partition coefficient (Wildman–Crippen LogP) is 3.62. The van der Waals surface area contributed by atoms with Crippen LogP contribution in [0.15, 0.2) is 40.5 Å². The van der Waals surface area contributed by atoms with Crippen LogP contribution in [-0.4, -0.2) is 36.4 Å². The number of rotatable bonds is 4. The van der Waals surface area contributed by atoms with Crippen LogP contribution in [0.4, 0.5) is 0 Å². The predicted molar refractivity (Wildman–Crippen MR) is 101 cm³/mol. The van der Waals surface area contributed by atoms with Crippen LogP contribution < -0.4 is 9.47 Å². The minimum Gasteiger partial charge on any atom is -0.504 e. The van der Waals surface area contributed by atoms with E-state index >= 15 is 0 Å². The summed E-state index contributed by atoms with van der Waals surface area (Å²) in [5, 5.41) is 29.2. The second-order valence-corrected chi connectivity index (χ2v) is 6.19. The highest BCUT2D eigenvalue weighted by molar-refractivity contribution is 6.01. The fourth-order valence-corrected chi connectivity index (χ4v) is 3.65. The summed E-state index contributed by atoms with van der Waals surface area (Å²) in [4.78, 5) is 0. The Morgan fingerprint density at radius 2 is 1.69 bits per heavy atom. The Kier molecular flexibility index (Phi) is 4.59. The quantitative estimate of drug-likeness (QED) is 0.878. The van der Waals surface area contributed by atoms with Crippen molar-refractivity contribution in [1.82, 2.24) is 0 Å². The minimum absolute atomic E-state index is 0.0462. The molecule has 0 amide bonds. The van der Waals surface area contributed by atoms with Gasteiger partial charge in [-0.05, 0) is 48.7 Å². The summed E-state index contributed by atoms with van der Waals surface area (Å²) >= 11 is 0. The van der Waals surface area contributed by atoms with Crippen molar-refractivity contribution in [3.05, 3.63) is 47.0 Å². The van der Waals surface area contributed by atoms with Gasteiger partial charge in [-0.2, -0.15) is 10.2 Å². The number of benzene rings is 2. The second kappa shape index (κ2) is 6.71. The van der Waals surface area contributed by atoms with Crippen molar-refractivity contribution < 1.29 is 19.7 Å². The first-order chi connectivity index (χ1) is 12.5. The van der Waals surface area contributed by atoms with E-state index in [1.165, 1.54) is 14.2 Å². The van der Waals surface area contributed by atoms with Gasteiger partial charge in [0.1, 0.15) is 0 Å². The Balaban J connectivity index is 2.33. The molecule has 0 aromatic heterocycles. The molecule has 1 aliphatic heterocycles. The topological polar surface area (TPSA) is 83.6 Å². The first-order valence-electron chi connectivity index (χ1n) is 8.35. The van der Waals surface area contributed by atoms with Gasteiger partial charge in [0.25, 0.3) is 0 Å². The number of fused-ring (bicyclic) bond motifs is 1. The fraction of sp³-hybridized carbons (Fsp3) is 0.300. The van der Waals surface area contributed by atoms with Crippen LogP contribution in [0, 0.1) is 0 Å². The smallest absolute Gasteiger partial charge is 0.161 e. The molecule has 6 nitrogen and oxygen atoms in total. The molecule has 0 spiro atoms. The van der Waals surface area contributed by atoms with Gasteiger partial charge in [-0.15, -0.1) is 0 Å². The monoisotopic (exact) mass is 354 g/mol. The van der Waals surface area contributed by atoms with E-state index in [-0.39, 0.29) is 11.5 Å². The molecule has 1 aliphatic rings. The SMILES string of the molecule is CCC1(c2ccc(OC)c(O)c2)C(C)=NN=Cc2cc(OC)c(O)cc21. The zero-order chi connectivity index (χ0) is 18.9. The van der Waals surface area contributed by atoms with Gasteiger partial charge in [0.2, 0.25) is 0 Å². The van der Waals surface area contributed by atoms with Crippen molar-refractivity contribution in [2.75, 3.05) is 14.2 Å². The van der Waals surface area contributed by atoms with Gasteiger partial charge < -0.3 is 19.7 Å². The molecule has 3 rings (SSSR count). The summed E-state index contributed by atoms with van der Waals surface area (Å²) in [6.07, 6.45) is 2.32. The molecule has 2 N–H and O–H groups in total. The molecule has 136 valence electrons. The molecular formula is C20H22N2O4. The van der Waals surface area contributed by atoms with Gasteiger partial charge in [0.15, 0.2) is 23.0 Å². The molecule has 0 aliphatic carbocycles. The molecule has 0 fully saturated rings. The number of phenolic OH excluding ortho intramolecular Hbond substituents is 2. The molecule has 1 atom stereocenters. The van der Waals surface area contributed by atoms with E-state index in [2.05, 4.69) is 10.2 Å². The van der Waals surface area contributed by atoms with Gasteiger partial charge >= 0.3 is 0 Å². The normalized spacial score (nSPS) is 18.7. The number of hydrogen-bond donors (Lipinski definition) is 2. The largest absolute Gasteiger partial charge is 0.504 e. The Morgan fingerprint density at radius 1 is 1.00 bits per heavy atom. The van der Waals surface area contributed by atoms with Gasteiger partial charge in [-0.3, -0.25) is 0 Å². The summed E-state index contributed by atoms with van der Waals surface area (Å²) in [6, 6.07) is 8.74. The Bertz CT molecular complexity index is 905. The molecule has 6 heteroatoms. The molecule has 1 heterocycles. The third kappa shape index (κ3) is 2.58. The Hall–Kier alpha value is -3.02. The van der Waals surface area contributed by atoms with Crippen LogP contribution in [0.5, 0.6) is 23.0 Å². The molecule has 26 heavy (non-hydrogen) atoms. The van der Waals surface area contributed by atoms with Crippen molar-refractivity contribution in [2.24, 2.45) is 10.2 Å². The first kappa shape index (κ1) is 17.8. The van der Waals surface area contributed by atoms with Gasteiger partial charge in [-0.25, -0.2) is 0 Å². The average molecular weight is 354 g/mol. The lowest BCUT2D eigenvalue weighted by atomic mass is 9.68. The highest BCUT2D eigenvalue weighted by atomic mass is 16.5. The molecule has 0 bridgehead atoms. The summed E-state index contributed by atoms with van der Waals surface area (Å²) < 4.78 is 10.4. The zero-order valence-electron chi connectivity index (χ0n) is 15.3. The third-order valence-electron chi connectivity index (χ3n) is 5.03. The molecule has 2 aromatic rings. The number of ether oxygens (including phenoxy) is 2. The number of methoxy groups -OCH3 is 2. The standard InChI is InChI=1S/C20H22N2O4/c1-5-20(14-6-7-18(25-3)16(23)9-14)12(2)22-21-11-13-8-19(26-4)17(24)10-15(13)20/h6-11,23-24H,5H2,1-4H3. The van der Waals surface area contributed by atoms with Crippen LogP contribution in [0.1, 0.15) is 37.0 Å². The van der Waals surface area contributed by atoms with E-state index < -0.39 is 5.41 Å². The summed E-state index contributed by atoms with van der Waals surface area (Å²) in [7, 11) is 3.02. The van der Waals surface area contributed by atoms with E-state index in [4.69, 9.17) is 9.47 Å². The minimum atomic E-state index is -0.653. The lowest BCUT2D eigenvalue weighted by Gasteiger charge is -2.34. The van der Waals surface area contributed by atoms with Crippen molar-refractivity contribution in [2.45, 2.75) is 25.7 Å².